The molecule has 166 valence electrons. The molecule has 0 saturated carbocycles. The van der Waals surface area contributed by atoms with Crippen LogP contribution in [-0.2, 0) is 14.8 Å². The summed E-state index contributed by atoms with van der Waals surface area (Å²) in [6, 6.07) is 15.6. The van der Waals surface area contributed by atoms with Gasteiger partial charge in [0.15, 0.2) is 5.82 Å². The summed E-state index contributed by atoms with van der Waals surface area (Å²) >= 11 is 0. The normalized spacial score (nSPS) is 23.8. The Balaban J connectivity index is 1.34. The molecule has 11 heteroatoms. The number of nitrogens with zero attached hydrogens (tertiary/aromatic N) is 3. The van der Waals surface area contributed by atoms with Gasteiger partial charge in [0.05, 0.1) is 10.6 Å². The first-order chi connectivity index (χ1) is 15.3. The lowest BCUT2D eigenvalue weighted by molar-refractivity contribution is 0.00680. The van der Waals surface area contributed by atoms with Crippen LogP contribution >= 0.6 is 0 Å². The second-order valence-corrected chi connectivity index (χ2v) is 9.40. The average molecular weight is 455 g/mol. The Morgan fingerprint density at radius 2 is 1.84 bits per heavy atom. The maximum atomic E-state index is 12.8. The smallest absolute Gasteiger partial charge is 0.240 e. The van der Waals surface area contributed by atoms with Gasteiger partial charge in [-0.3, -0.25) is 0 Å². The number of aliphatic hydroxyl groups is 2. The summed E-state index contributed by atoms with van der Waals surface area (Å²) in [4.78, 5) is 4.02. The van der Waals surface area contributed by atoms with E-state index in [1.54, 1.807) is 24.3 Å². The van der Waals surface area contributed by atoms with Crippen LogP contribution in [0, 0.1) is 0 Å². The Kier molecular flexibility index (Phi) is 5.07. The van der Waals surface area contributed by atoms with Crippen molar-refractivity contribution in [1.29, 1.82) is 0 Å². The lowest BCUT2D eigenvalue weighted by atomic mass is 10.1. The number of nitrogen functional groups attached to an aromatic ring is 1. The number of anilines is 1. The van der Waals surface area contributed by atoms with Crippen LogP contribution in [-0.4, -0.2) is 58.1 Å². The van der Waals surface area contributed by atoms with Crippen molar-refractivity contribution in [2.24, 2.45) is 0 Å². The van der Waals surface area contributed by atoms with Crippen LogP contribution in [0.15, 0.2) is 65.8 Å². The number of benzene rings is 2. The van der Waals surface area contributed by atoms with Crippen LogP contribution in [0.4, 0.5) is 5.82 Å². The molecule has 3 heterocycles. The molecule has 0 unspecified atom stereocenters. The van der Waals surface area contributed by atoms with Gasteiger partial charge in [0.25, 0.3) is 0 Å². The van der Waals surface area contributed by atoms with E-state index in [2.05, 4.69) is 14.8 Å². The molecule has 1 aliphatic rings. The van der Waals surface area contributed by atoms with Crippen molar-refractivity contribution in [2.45, 2.75) is 29.3 Å². The Labute approximate surface area is 183 Å². The molecular weight excluding hydrogens is 434 g/mol. The van der Waals surface area contributed by atoms with Gasteiger partial charge in [-0.05, 0) is 35.0 Å². The van der Waals surface area contributed by atoms with Crippen LogP contribution < -0.4 is 10.5 Å². The summed E-state index contributed by atoms with van der Waals surface area (Å²) < 4.78 is 35.4. The third kappa shape index (κ3) is 3.49. The summed E-state index contributed by atoms with van der Waals surface area (Å²) in [5.74, 6) is 0.263. The fraction of sp³-hybridized carbons (Fsp3) is 0.238. The minimum Gasteiger partial charge on any atom is -0.388 e. The predicted octanol–water partition coefficient (Wildman–Crippen LogP) is 0.605. The highest BCUT2D eigenvalue weighted by atomic mass is 32.2. The van der Waals surface area contributed by atoms with E-state index >= 15 is 0 Å². The van der Waals surface area contributed by atoms with Crippen LogP contribution in [0.3, 0.4) is 0 Å². The Bertz CT molecular complexity index is 1410. The molecule has 5 rings (SSSR count). The Morgan fingerprint density at radius 3 is 2.66 bits per heavy atom. The van der Waals surface area contributed by atoms with Crippen molar-refractivity contribution >= 4 is 32.1 Å². The van der Waals surface area contributed by atoms with Crippen molar-refractivity contribution in [3.8, 4) is 0 Å². The standard InChI is InChI=1S/C21H21N5O5S/c22-21-16-8-7-15(26(16)24-11-23-21)20-19(28)18(27)17(31-20)10-25-32(29,30)14-6-5-12-3-1-2-4-13(12)9-14/h1-9,11,17-20,25,27-28H,10H2,(H2,22,23,24)/t17-,18-,19-,20+/m1/s1. The highest BCUT2D eigenvalue weighted by molar-refractivity contribution is 7.89. The zero-order chi connectivity index (χ0) is 22.5. The van der Waals surface area contributed by atoms with Crippen molar-refractivity contribution in [1.82, 2.24) is 19.3 Å². The third-order valence-corrected chi connectivity index (χ3v) is 7.09. The van der Waals surface area contributed by atoms with Gasteiger partial charge in [-0.2, -0.15) is 5.10 Å². The number of aliphatic hydroxyl groups excluding tert-OH is 2. The molecule has 0 spiro atoms. The molecule has 1 aliphatic heterocycles. The fourth-order valence-electron chi connectivity index (χ4n) is 3.96. The number of sulfonamides is 1. The second-order valence-electron chi connectivity index (χ2n) is 7.64. The first-order valence-corrected chi connectivity index (χ1v) is 11.4. The number of hydrogen-bond donors (Lipinski definition) is 4. The molecule has 5 N–H and O–H groups in total. The highest BCUT2D eigenvalue weighted by Crippen LogP contribution is 2.34. The van der Waals surface area contributed by atoms with E-state index in [1.807, 2.05) is 24.3 Å². The molecule has 32 heavy (non-hydrogen) atoms. The van der Waals surface area contributed by atoms with Crippen molar-refractivity contribution < 1.29 is 23.4 Å². The van der Waals surface area contributed by atoms with Crippen molar-refractivity contribution in [2.75, 3.05) is 12.3 Å². The number of fused-ring (bicyclic) bond motifs is 2. The summed E-state index contributed by atoms with van der Waals surface area (Å²) in [7, 11) is -3.86. The third-order valence-electron chi connectivity index (χ3n) is 5.67. The number of nitrogens with two attached hydrogens (primary N) is 1. The molecule has 0 amide bonds. The van der Waals surface area contributed by atoms with Crippen molar-refractivity contribution in [3.63, 3.8) is 0 Å². The molecule has 0 aliphatic carbocycles. The number of ether oxygens (including phenoxy) is 1. The van der Waals surface area contributed by atoms with E-state index in [0.29, 0.717) is 11.2 Å². The largest absolute Gasteiger partial charge is 0.388 e. The molecule has 2 aromatic carbocycles. The first-order valence-electron chi connectivity index (χ1n) is 9.93. The monoisotopic (exact) mass is 455 g/mol. The lowest BCUT2D eigenvalue weighted by Crippen LogP contribution is -2.39. The quantitative estimate of drug-likeness (QED) is 0.341. The summed E-state index contributed by atoms with van der Waals surface area (Å²) in [6.07, 6.45) is -3.19. The van der Waals surface area contributed by atoms with E-state index in [0.717, 1.165) is 10.8 Å². The van der Waals surface area contributed by atoms with Gasteiger partial charge >= 0.3 is 0 Å². The van der Waals surface area contributed by atoms with Crippen LogP contribution in [0.2, 0.25) is 0 Å². The van der Waals surface area contributed by atoms with E-state index in [9.17, 15) is 18.6 Å². The van der Waals surface area contributed by atoms with Crippen LogP contribution in [0.25, 0.3) is 16.3 Å². The molecule has 2 aromatic heterocycles. The van der Waals surface area contributed by atoms with Crippen molar-refractivity contribution in [3.05, 3.63) is 66.6 Å². The van der Waals surface area contributed by atoms with Gasteiger partial charge in [0.1, 0.15) is 36.3 Å². The van der Waals surface area contributed by atoms with Crippen LogP contribution in [0.1, 0.15) is 11.8 Å². The fourth-order valence-corrected chi connectivity index (χ4v) is 5.04. The number of nitrogens with one attached hydrogen (secondary N) is 1. The van der Waals surface area contributed by atoms with E-state index < -0.39 is 34.4 Å². The molecular formula is C21H21N5O5S. The molecule has 4 atom stereocenters. The highest BCUT2D eigenvalue weighted by Gasteiger charge is 2.45. The minimum absolute atomic E-state index is 0.102. The molecule has 1 saturated heterocycles. The maximum absolute atomic E-state index is 12.8. The molecule has 10 nitrogen and oxygen atoms in total. The minimum atomic E-state index is -3.86. The Morgan fingerprint density at radius 1 is 1.06 bits per heavy atom. The Hall–Kier alpha value is -3.09. The summed E-state index contributed by atoms with van der Waals surface area (Å²) in [5, 5.41) is 26.9. The molecule has 0 radical (unpaired) electrons. The number of aromatic nitrogens is 3. The second kappa shape index (κ2) is 7.80. The summed E-state index contributed by atoms with van der Waals surface area (Å²) in [5.41, 5.74) is 6.85. The van der Waals surface area contributed by atoms with Gasteiger partial charge in [0, 0.05) is 6.54 Å². The van der Waals surface area contributed by atoms with E-state index in [-0.39, 0.29) is 17.3 Å². The van der Waals surface area contributed by atoms with Gasteiger partial charge in [0.2, 0.25) is 10.0 Å². The maximum Gasteiger partial charge on any atom is 0.240 e. The van der Waals surface area contributed by atoms with Gasteiger partial charge in [-0.1, -0.05) is 30.3 Å². The van der Waals surface area contributed by atoms with E-state index in [1.165, 1.54) is 16.9 Å². The average Bonchev–Trinajstić information content (AvgIpc) is 3.34. The zero-order valence-electron chi connectivity index (χ0n) is 16.7. The molecule has 4 aromatic rings. The first kappa shape index (κ1) is 20.8. The summed E-state index contributed by atoms with van der Waals surface area (Å²) in [6.45, 7) is -0.218. The number of rotatable bonds is 5. The topological polar surface area (TPSA) is 152 Å². The SMILES string of the molecule is Nc1ncnn2c([C@@H]3O[C@H](CNS(=O)(=O)c4ccc5ccccc5c4)[C@@H](O)[C@H]3O)ccc12. The van der Waals surface area contributed by atoms with E-state index in [4.69, 9.17) is 10.5 Å². The van der Waals surface area contributed by atoms with Gasteiger partial charge < -0.3 is 20.7 Å². The van der Waals surface area contributed by atoms with Crippen LogP contribution in [0.5, 0.6) is 0 Å². The molecule has 1 fully saturated rings. The lowest BCUT2D eigenvalue weighted by Gasteiger charge is -2.16. The predicted molar refractivity (Wildman–Crippen MR) is 116 cm³/mol. The van der Waals surface area contributed by atoms with Gasteiger partial charge in [-0.25, -0.2) is 22.6 Å². The molecule has 0 bridgehead atoms. The van der Waals surface area contributed by atoms with Gasteiger partial charge in [-0.15, -0.1) is 0 Å². The number of hydrogen-bond acceptors (Lipinski definition) is 8. The zero-order valence-corrected chi connectivity index (χ0v) is 17.6.